The average molecular weight is 579 g/mol. The van der Waals surface area contributed by atoms with Crippen LogP contribution in [-0.4, -0.2) is 90.9 Å². The quantitative estimate of drug-likeness (QED) is 0.281. The van der Waals surface area contributed by atoms with Gasteiger partial charge in [-0.1, -0.05) is 6.08 Å². The lowest BCUT2D eigenvalue weighted by Crippen LogP contribution is -2.57. The molecular formula is C30H48F2N6O3. The second kappa shape index (κ2) is 13.4. The van der Waals surface area contributed by atoms with Gasteiger partial charge in [-0.3, -0.25) is 4.79 Å². The number of nitrogens with zero attached hydrogens (tertiary/aromatic N) is 2. The molecule has 2 saturated heterocycles. The van der Waals surface area contributed by atoms with E-state index in [4.69, 9.17) is 10.5 Å². The fourth-order valence-electron chi connectivity index (χ4n) is 6.56. The fourth-order valence-corrected chi connectivity index (χ4v) is 6.56. The van der Waals surface area contributed by atoms with Crippen LogP contribution in [0.25, 0.3) is 0 Å². The molecule has 11 heteroatoms. The van der Waals surface area contributed by atoms with Crippen molar-refractivity contribution < 1.29 is 23.4 Å². The van der Waals surface area contributed by atoms with Crippen LogP contribution in [0.4, 0.5) is 8.78 Å². The van der Waals surface area contributed by atoms with E-state index in [0.717, 1.165) is 25.3 Å². The van der Waals surface area contributed by atoms with Crippen molar-refractivity contribution in [2.45, 2.75) is 94.9 Å². The van der Waals surface area contributed by atoms with Crippen molar-refractivity contribution in [2.75, 3.05) is 39.3 Å². The van der Waals surface area contributed by atoms with Gasteiger partial charge in [0.1, 0.15) is 18.2 Å². The Bertz CT molecular complexity index is 1020. The number of nitriles is 1. The summed E-state index contributed by atoms with van der Waals surface area (Å²) in [6.45, 7) is 8.60. The molecule has 1 amide bonds. The fraction of sp³-hybridized carbons (Fsp3) is 0.800. The van der Waals surface area contributed by atoms with E-state index in [-0.39, 0.29) is 49.5 Å². The van der Waals surface area contributed by atoms with Gasteiger partial charge in [0.2, 0.25) is 5.91 Å². The molecule has 230 valence electrons. The molecule has 3 fully saturated rings. The third-order valence-electron chi connectivity index (χ3n) is 9.16. The summed E-state index contributed by atoms with van der Waals surface area (Å²) in [5.74, 6) is -0.542. The van der Waals surface area contributed by atoms with Crippen LogP contribution >= 0.6 is 0 Å². The number of halogens is 2. The molecule has 1 saturated carbocycles. The van der Waals surface area contributed by atoms with Crippen LogP contribution in [0.5, 0.6) is 0 Å². The zero-order valence-electron chi connectivity index (χ0n) is 24.7. The van der Waals surface area contributed by atoms with Crippen molar-refractivity contribution in [1.29, 1.82) is 5.26 Å². The molecule has 9 nitrogen and oxygen atoms in total. The highest BCUT2D eigenvalue weighted by Crippen LogP contribution is 2.34. The van der Waals surface area contributed by atoms with Crippen LogP contribution in [0.2, 0.25) is 0 Å². The summed E-state index contributed by atoms with van der Waals surface area (Å²) >= 11 is 0. The highest BCUT2D eigenvalue weighted by Gasteiger charge is 2.42. The predicted molar refractivity (Wildman–Crippen MR) is 153 cm³/mol. The maximum Gasteiger partial charge on any atom is 0.226 e. The van der Waals surface area contributed by atoms with Crippen molar-refractivity contribution in [3.63, 3.8) is 0 Å². The van der Waals surface area contributed by atoms with Gasteiger partial charge in [-0.05, 0) is 70.9 Å². The van der Waals surface area contributed by atoms with E-state index in [2.05, 4.69) is 39.1 Å². The third kappa shape index (κ3) is 7.98. The number of hydrogen-bond acceptors (Lipinski definition) is 8. The number of likely N-dealkylation sites (tertiary alicyclic amines) is 1. The molecule has 7 unspecified atom stereocenters. The van der Waals surface area contributed by atoms with E-state index >= 15 is 0 Å². The normalized spacial score (nSPS) is 33.1. The second-order valence-electron chi connectivity index (χ2n) is 13.2. The van der Waals surface area contributed by atoms with Gasteiger partial charge in [-0.2, -0.15) is 5.26 Å². The Labute approximate surface area is 242 Å². The molecule has 0 aromatic carbocycles. The number of alkyl halides is 2. The number of allylic oxidation sites excluding steroid dienone is 2. The van der Waals surface area contributed by atoms with Gasteiger partial charge >= 0.3 is 0 Å². The summed E-state index contributed by atoms with van der Waals surface area (Å²) in [4.78, 5) is 15.1. The van der Waals surface area contributed by atoms with Crippen molar-refractivity contribution in [3.8, 4) is 6.07 Å². The summed E-state index contributed by atoms with van der Waals surface area (Å²) < 4.78 is 34.2. The molecule has 0 bridgehead atoms. The number of rotatable bonds is 9. The predicted octanol–water partition coefficient (Wildman–Crippen LogP) is 2.04. The lowest BCUT2D eigenvalue weighted by molar-refractivity contribution is -0.132. The number of nitrogens with one attached hydrogen (secondary N) is 3. The molecule has 0 aromatic rings. The summed E-state index contributed by atoms with van der Waals surface area (Å²) in [7, 11) is 0. The lowest BCUT2D eigenvalue weighted by Gasteiger charge is -2.44. The Morgan fingerprint density at radius 3 is 2.68 bits per heavy atom. The van der Waals surface area contributed by atoms with E-state index in [0.29, 0.717) is 38.8 Å². The van der Waals surface area contributed by atoms with Crippen molar-refractivity contribution in [1.82, 2.24) is 20.9 Å². The SMILES string of the molecule is CC(C)(O)COC1CNC(C(C#N)CN)C(C2=CC=C(N3CCC(C)(NC(=O)C4CCCC(F)C4F)CC3)NC2)C1. The van der Waals surface area contributed by atoms with Crippen molar-refractivity contribution in [2.24, 2.45) is 23.5 Å². The molecule has 0 spiro atoms. The number of amides is 1. The smallest absolute Gasteiger partial charge is 0.226 e. The number of dihydropyridines is 1. The maximum atomic E-state index is 14.3. The second-order valence-corrected chi connectivity index (χ2v) is 13.2. The minimum absolute atomic E-state index is 0.0527. The summed E-state index contributed by atoms with van der Waals surface area (Å²) in [5, 5.41) is 29.9. The van der Waals surface area contributed by atoms with Gasteiger partial charge in [0.25, 0.3) is 0 Å². The Balaban J connectivity index is 1.37. The number of piperidine rings is 2. The summed E-state index contributed by atoms with van der Waals surface area (Å²) in [6, 6.07) is 2.27. The standard InChI is InChI=1S/C30H48F2N6O3/c1-29(2,40)18-41-21-13-23(27(36-17-21)20(14-33)15-34)19-7-8-25(35-16-19)38-11-9-30(3,10-12-38)37-28(39)22-5-4-6-24(31)26(22)32/h7-8,20-24,26-27,35-36,40H,4-6,9-14,16-18,33H2,1-3H3,(H,37,39). The molecule has 4 aliphatic rings. The van der Waals surface area contributed by atoms with Gasteiger partial charge in [-0.15, -0.1) is 0 Å². The first kappa shape index (κ1) is 31.7. The van der Waals surface area contributed by atoms with Crippen LogP contribution in [0.3, 0.4) is 0 Å². The monoisotopic (exact) mass is 578 g/mol. The number of hydrogen-bond donors (Lipinski definition) is 5. The minimum Gasteiger partial charge on any atom is -0.388 e. The summed E-state index contributed by atoms with van der Waals surface area (Å²) in [5.41, 5.74) is 5.74. The van der Waals surface area contributed by atoms with Crippen LogP contribution in [-0.2, 0) is 9.53 Å². The molecule has 3 heterocycles. The van der Waals surface area contributed by atoms with Crippen LogP contribution < -0.4 is 21.7 Å². The topological polar surface area (TPSA) is 136 Å². The highest BCUT2D eigenvalue weighted by molar-refractivity contribution is 5.80. The zero-order chi connectivity index (χ0) is 29.8. The number of carbonyl (C=O) groups is 1. The van der Waals surface area contributed by atoms with Crippen molar-refractivity contribution >= 4 is 5.91 Å². The third-order valence-corrected chi connectivity index (χ3v) is 9.16. The van der Waals surface area contributed by atoms with Gasteiger partial charge in [0.15, 0.2) is 0 Å². The molecule has 1 aliphatic carbocycles. The molecule has 3 aliphatic heterocycles. The highest BCUT2D eigenvalue weighted by atomic mass is 19.2. The molecule has 0 aromatic heterocycles. The van der Waals surface area contributed by atoms with Crippen LogP contribution in [0.15, 0.2) is 23.5 Å². The first-order valence-corrected chi connectivity index (χ1v) is 15.1. The summed E-state index contributed by atoms with van der Waals surface area (Å²) in [6.07, 6.45) is 4.09. The van der Waals surface area contributed by atoms with Gasteiger partial charge in [0.05, 0.1) is 36.2 Å². The first-order valence-electron chi connectivity index (χ1n) is 15.1. The number of ether oxygens (including phenoxy) is 1. The Morgan fingerprint density at radius 1 is 1.34 bits per heavy atom. The Morgan fingerprint density at radius 2 is 2.07 bits per heavy atom. The average Bonchev–Trinajstić information content (AvgIpc) is 2.94. The molecule has 7 atom stereocenters. The Hall–Kier alpha value is -2.26. The molecule has 6 N–H and O–H groups in total. The molecule has 4 rings (SSSR count). The van der Waals surface area contributed by atoms with Gasteiger partial charge in [-0.25, -0.2) is 8.78 Å². The number of nitrogens with two attached hydrogens (primary N) is 1. The maximum absolute atomic E-state index is 14.3. The van der Waals surface area contributed by atoms with E-state index < -0.39 is 29.4 Å². The largest absolute Gasteiger partial charge is 0.388 e. The molecule has 0 radical (unpaired) electrons. The van der Waals surface area contributed by atoms with Crippen molar-refractivity contribution in [3.05, 3.63) is 23.5 Å². The van der Waals surface area contributed by atoms with E-state index in [1.54, 1.807) is 13.8 Å². The van der Waals surface area contributed by atoms with Crippen LogP contribution in [0, 0.1) is 29.1 Å². The van der Waals surface area contributed by atoms with Gasteiger partial charge < -0.3 is 36.4 Å². The molecule has 41 heavy (non-hydrogen) atoms. The number of carbonyl (C=O) groups excluding carboxylic acids is 1. The van der Waals surface area contributed by atoms with E-state index in [1.165, 1.54) is 5.57 Å². The number of aliphatic hydroxyl groups is 1. The molecular weight excluding hydrogens is 530 g/mol. The Kier molecular flexibility index (Phi) is 10.3. The first-order chi connectivity index (χ1) is 19.4. The van der Waals surface area contributed by atoms with E-state index in [9.17, 15) is 23.9 Å². The zero-order valence-corrected chi connectivity index (χ0v) is 24.7. The minimum atomic E-state index is -1.72. The van der Waals surface area contributed by atoms with E-state index in [1.807, 2.05) is 6.92 Å². The van der Waals surface area contributed by atoms with Gasteiger partial charge in [0, 0.05) is 50.2 Å². The lowest BCUT2D eigenvalue weighted by atomic mass is 9.77. The van der Waals surface area contributed by atoms with Crippen LogP contribution in [0.1, 0.15) is 59.3 Å².